The number of allylic oxidation sites excluding steroid dienone is 1. The van der Waals surface area contributed by atoms with Crippen LogP contribution in [0.2, 0.25) is 10.0 Å². The topological polar surface area (TPSA) is 87.5 Å². The first-order valence-electron chi connectivity index (χ1n) is 12.0. The number of hydrogen-bond acceptors (Lipinski definition) is 8. The van der Waals surface area contributed by atoms with Gasteiger partial charge in [-0.25, -0.2) is 9.48 Å². The number of ether oxygens (including phenoxy) is 3. The zero-order valence-electron chi connectivity index (χ0n) is 21.3. The van der Waals surface area contributed by atoms with Crippen molar-refractivity contribution in [2.45, 2.75) is 38.6 Å². The van der Waals surface area contributed by atoms with Crippen molar-refractivity contribution in [3.05, 3.63) is 81.5 Å². The number of rotatable bonds is 11. The van der Waals surface area contributed by atoms with Crippen molar-refractivity contribution in [2.24, 2.45) is 0 Å². The summed E-state index contributed by atoms with van der Waals surface area (Å²) in [4.78, 5) is 17.8. The van der Waals surface area contributed by atoms with E-state index in [4.69, 9.17) is 37.4 Å². The number of carbonyl (C=O) groups is 1. The number of halogens is 2. The summed E-state index contributed by atoms with van der Waals surface area (Å²) in [5, 5.41) is 9.43. The molecule has 0 fully saturated rings. The van der Waals surface area contributed by atoms with Gasteiger partial charge in [0.25, 0.3) is 0 Å². The molecule has 0 radical (unpaired) electrons. The third-order valence-corrected chi connectivity index (χ3v) is 7.08. The zero-order chi connectivity index (χ0) is 27.2. The lowest BCUT2D eigenvalue weighted by Gasteiger charge is -2.28. The van der Waals surface area contributed by atoms with Gasteiger partial charge in [-0.15, -0.1) is 5.10 Å². The fourth-order valence-electron chi connectivity index (χ4n) is 3.98. The lowest BCUT2D eigenvalue weighted by Crippen LogP contribution is -2.29. The van der Waals surface area contributed by atoms with Crippen LogP contribution in [-0.4, -0.2) is 39.7 Å². The quantitative estimate of drug-likeness (QED) is 0.154. The maximum Gasteiger partial charge on any atom is 0.338 e. The third-order valence-electron chi connectivity index (χ3n) is 5.62. The van der Waals surface area contributed by atoms with Gasteiger partial charge in [0.1, 0.15) is 19.3 Å². The lowest BCUT2D eigenvalue weighted by molar-refractivity contribution is -0.138. The molecule has 1 atom stereocenters. The highest BCUT2D eigenvalue weighted by atomic mass is 35.5. The molecule has 1 N–H and O–H groups in total. The molecule has 3 aromatic rings. The van der Waals surface area contributed by atoms with Crippen molar-refractivity contribution in [3.63, 3.8) is 0 Å². The van der Waals surface area contributed by atoms with Crippen molar-refractivity contribution in [3.8, 4) is 11.5 Å². The van der Waals surface area contributed by atoms with E-state index in [1.54, 1.807) is 16.8 Å². The van der Waals surface area contributed by atoms with E-state index in [0.29, 0.717) is 50.5 Å². The van der Waals surface area contributed by atoms with Crippen LogP contribution in [0.25, 0.3) is 0 Å². The van der Waals surface area contributed by atoms with Gasteiger partial charge in [0, 0.05) is 5.70 Å². The molecule has 1 aliphatic heterocycles. The molecule has 1 aromatic heterocycles. The second kappa shape index (κ2) is 12.6. The Balaban J connectivity index is 1.72. The Morgan fingerprint density at radius 3 is 2.68 bits per heavy atom. The molecule has 8 nitrogen and oxygen atoms in total. The number of esters is 1. The van der Waals surface area contributed by atoms with E-state index in [1.165, 1.54) is 17.8 Å². The van der Waals surface area contributed by atoms with Crippen LogP contribution in [-0.2, 0) is 16.1 Å². The molecule has 4 rings (SSSR count). The summed E-state index contributed by atoms with van der Waals surface area (Å²) in [6, 6.07) is 10.3. The van der Waals surface area contributed by atoms with E-state index < -0.39 is 12.0 Å². The van der Waals surface area contributed by atoms with Crippen LogP contribution in [0.4, 0.5) is 5.95 Å². The van der Waals surface area contributed by atoms with E-state index in [2.05, 4.69) is 22.0 Å². The molecular formula is C27H28Cl2N4O4S. The average molecular weight is 576 g/mol. The Hall–Kier alpha value is -3.14. The van der Waals surface area contributed by atoms with Crippen LogP contribution in [0, 0.1) is 0 Å². The smallest absolute Gasteiger partial charge is 0.338 e. The number of fused-ring (bicyclic) bond motifs is 1. The van der Waals surface area contributed by atoms with Crippen LogP contribution < -0.4 is 14.8 Å². The Morgan fingerprint density at radius 2 is 1.97 bits per heavy atom. The number of nitrogens with zero attached hydrogens (tertiary/aromatic N) is 3. The first kappa shape index (κ1) is 27.9. The van der Waals surface area contributed by atoms with Crippen molar-refractivity contribution in [1.82, 2.24) is 14.8 Å². The number of nitrogens with one attached hydrogen (secondary N) is 1. The molecule has 11 heteroatoms. The highest BCUT2D eigenvalue weighted by Crippen LogP contribution is 2.40. The van der Waals surface area contributed by atoms with Gasteiger partial charge in [0.05, 0.1) is 22.2 Å². The first-order valence-corrected chi connectivity index (χ1v) is 13.8. The average Bonchev–Trinajstić information content (AvgIpc) is 3.29. The number of aromatic nitrogens is 3. The normalized spacial score (nSPS) is 14.5. The van der Waals surface area contributed by atoms with Crippen molar-refractivity contribution < 1.29 is 19.0 Å². The highest BCUT2D eigenvalue weighted by Gasteiger charge is 2.35. The Kier molecular flexibility index (Phi) is 9.25. The Morgan fingerprint density at radius 1 is 1.16 bits per heavy atom. The predicted molar refractivity (Wildman–Crippen MR) is 150 cm³/mol. The second-order valence-electron chi connectivity index (χ2n) is 8.23. The summed E-state index contributed by atoms with van der Waals surface area (Å²) in [6.07, 6.45) is 1.53. The van der Waals surface area contributed by atoms with Crippen LogP contribution in [0.1, 0.15) is 37.9 Å². The minimum absolute atomic E-state index is 0.0924. The second-order valence-corrected chi connectivity index (χ2v) is 10.3. The van der Waals surface area contributed by atoms with Crippen LogP contribution >= 0.6 is 35.0 Å². The van der Waals surface area contributed by atoms with Crippen LogP contribution in [0.5, 0.6) is 11.5 Å². The number of carbonyl (C=O) groups excluding carboxylic acids is 1. The van der Waals surface area contributed by atoms with Gasteiger partial charge in [-0.1, -0.05) is 66.7 Å². The summed E-state index contributed by atoms with van der Waals surface area (Å²) in [5.41, 5.74) is 2.68. The summed E-state index contributed by atoms with van der Waals surface area (Å²) in [7, 11) is 0. The summed E-state index contributed by atoms with van der Waals surface area (Å²) in [6.45, 7) is 10.2. The molecular weight excluding hydrogens is 547 g/mol. The number of thioether (sulfide) groups is 1. The SMILES string of the molecule is C=CCOC(=O)C1=C(C)Nc2nc(SCC)nn2C1c1ccc(OCc2ccc(Cl)c(Cl)c2)c(OCC)c1. The first-order chi connectivity index (χ1) is 18.4. The van der Waals surface area contributed by atoms with Gasteiger partial charge in [-0.2, -0.15) is 4.98 Å². The van der Waals surface area contributed by atoms with Crippen molar-refractivity contribution >= 4 is 46.9 Å². The molecule has 0 saturated carbocycles. The monoisotopic (exact) mass is 574 g/mol. The van der Waals surface area contributed by atoms with Gasteiger partial charge in [-0.05, 0) is 55.0 Å². The minimum atomic E-state index is -0.592. The summed E-state index contributed by atoms with van der Waals surface area (Å²) in [5.74, 6) is 1.97. The maximum atomic E-state index is 13.2. The van der Waals surface area contributed by atoms with E-state index in [0.717, 1.165) is 16.9 Å². The van der Waals surface area contributed by atoms with E-state index in [1.807, 2.05) is 45.0 Å². The van der Waals surface area contributed by atoms with Gasteiger partial charge in [0.2, 0.25) is 11.1 Å². The minimum Gasteiger partial charge on any atom is -0.490 e. The number of hydrogen-bond donors (Lipinski definition) is 1. The molecule has 1 aliphatic rings. The Bertz CT molecular complexity index is 1380. The van der Waals surface area contributed by atoms with Crippen molar-refractivity contribution in [2.75, 3.05) is 24.3 Å². The Labute approximate surface area is 236 Å². The molecule has 200 valence electrons. The van der Waals surface area contributed by atoms with Gasteiger partial charge in [0.15, 0.2) is 11.5 Å². The fourth-order valence-corrected chi connectivity index (χ4v) is 4.85. The number of benzene rings is 2. The molecule has 0 spiro atoms. The van der Waals surface area contributed by atoms with Gasteiger partial charge < -0.3 is 19.5 Å². The van der Waals surface area contributed by atoms with E-state index in [9.17, 15) is 4.79 Å². The molecule has 0 bridgehead atoms. The molecule has 2 heterocycles. The van der Waals surface area contributed by atoms with Crippen LogP contribution in [0.15, 0.2) is 65.5 Å². The predicted octanol–water partition coefficient (Wildman–Crippen LogP) is 6.69. The van der Waals surface area contributed by atoms with Gasteiger partial charge in [-0.3, -0.25) is 0 Å². The zero-order valence-corrected chi connectivity index (χ0v) is 23.6. The summed E-state index contributed by atoms with van der Waals surface area (Å²) < 4.78 is 19.1. The molecule has 0 aliphatic carbocycles. The maximum absolute atomic E-state index is 13.2. The number of anilines is 1. The van der Waals surface area contributed by atoms with Gasteiger partial charge >= 0.3 is 5.97 Å². The summed E-state index contributed by atoms with van der Waals surface area (Å²) >= 11 is 13.7. The highest BCUT2D eigenvalue weighted by molar-refractivity contribution is 7.99. The molecule has 38 heavy (non-hydrogen) atoms. The lowest BCUT2D eigenvalue weighted by atomic mass is 9.95. The van der Waals surface area contributed by atoms with E-state index in [-0.39, 0.29) is 13.2 Å². The van der Waals surface area contributed by atoms with Crippen molar-refractivity contribution in [1.29, 1.82) is 0 Å². The molecule has 2 aromatic carbocycles. The molecule has 0 saturated heterocycles. The standard InChI is InChI=1S/C27H28Cl2N4O4S/c1-5-12-36-25(34)23-16(4)30-26-31-27(38-7-3)32-33(26)24(23)18-9-11-21(22(14-18)35-6-2)37-15-17-8-10-19(28)20(29)13-17/h5,8-11,13-14,24H,1,6-7,12,15H2,2-4H3,(H,30,31,32). The third kappa shape index (κ3) is 6.11. The van der Waals surface area contributed by atoms with Crippen LogP contribution in [0.3, 0.4) is 0 Å². The van der Waals surface area contributed by atoms with E-state index >= 15 is 0 Å². The largest absolute Gasteiger partial charge is 0.490 e. The molecule has 0 amide bonds. The molecule has 1 unspecified atom stereocenters. The fraction of sp³-hybridized carbons (Fsp3) is 0.296.